The van der Waals surface area contributed by atoms with Crippen LogP contribution in [0.5, 0.6) is 0 Å². The Kier molecular flexibility index (Phi) is 7.00. The van der Waals surface area contributed by atoms with Crippen molar-refractivity contribution in [1.82, 2.24) is 20.4 Å². The molecule has 2 atom stereocenters. The van der Waals surface area contributed by atoms with Crippen molar-refractivity contribution in [3.05, 3.63) is 29.5 Å². The van der Waals surface area contributed by atoms with Crippen LogP contribution in [0.4, 0.5) is 0 Å². The normalized spacial score (nSPS) is 26.5. The van der Waals surface area contributed by atoms with Crippen molar-refractivity contribution in [3.63, 3.8) is 0 Å². The third-order valence-electron chi connectivity index (χ3n) is 6.96. The van der Waals surface area contributed by atoms with Gasteiger partial charge < -0.3 is 14.6 Å². The Hall–Kier alpha value is -2.28. The highest BCUT2D eigenvalue weighted by atomic mass is 16.5. The molecule has 0 aliphatic heterocycles. The number of nitrogens with zero attached hydrogens (tertiary/aromatic N) is 3. The largest absolute Gasteiger partial charge is 0.381 e. The number of aryl methyl sites for hydroxylation is 2. The van der Waals surface area contributed by atoms with Gasteiger partial charge in [-0.1, -0.05) is 11.6 Å². The Balaban J connectivity index is 1.32. The Labute approximate surface area is 184 Å². The van der Waals surface area contributed by atoms with Gasteiger partial charge in [0.25, 0.3) is 0 Å². The molecule has 7 nitrogen and oxygen atoms in total. The predicted molar refractivity (Wildman–Crippen MR) is 117 cm³/mol. The molecule has 0 saturated heterocycles. The summed E-state index contributed by atoms with van der Waals surface area (Å²) < 4.78 is 11.0. The van der Waals surface area contributed by atoms with Crippen LogP contribution < -0.4 is 5.32 Å². The number of carbonyl (C=O) groups excluding carboxylic acids is 1. The number of hydrogen-bond acceptors (Lipinski definition) is 6. The lowest BCUT2D eigenvalue weighted by Gasteiger charge is -2.31. The van der Waals surface area contributed by atoms with E-state index in [2.05, 4.69) is 15.5 Å². The molecule has 2 aliphatic rings. The number of ether oxygens (including phenoxy) is 1. The van der Waals surface area contributed by atoms with Crippen molar-refractivity contribution in [1.29, 1.82) is 0 Å². The van der Waals surface area contributed by atoms with E-state index < -0.39 is 0 Å². The topological polar surface area (TPSA) is 90.1 Å². The van der Waals surface area contributed by atoms with Crippen molar-refractivity contribution in [2.24, 2.45) is 11.8 Å². The highest BCUT2D eigenvalue weighted by Crippen LogP contribution is 2.39. The molecule has 4 rings (SSSR count). The van der Waals surface area contributed by atoms with E-state index in [1.165, 1.54) is 0 Å². The van der Waals surface area contributed by atoms with Crippen LogP contribution in [0.25, 0.3) is 11.3 Å². The van der Waals surface area contributed by atoms with Crippen LogP contribution >= 0.6 is 0 Å². The van der Waals surface area contributed by atoms with E-state index in [1.54, 1.807) is 7.11 Å². The quantitative estimate of drug-likeness (QED) is 0.739. The number of aromatic nitrogens is 3. The Morgan fingerprint density at radius 3 is 2.71 bits per heavy atom. The summed E-state index contributed by atoms with van der Waals surface area (Å²) in [6.45, 7) is 4.63. The van der Waals surface area contributed by atoms with Gasteiger partial charge in [-0.25, -0.2) is 9.97 Å². The number of amides is 1. The standard InChI is InChI=1S/C24H34N4O3/c1-15-11-22(31-28-15)21-14-25-16(2)27-23(21)18-9-7-17(8-10-18)13-26-24(29)19-5-4-6-20(12-19)30-3/h11,14,17-20H,4-10,12-13H2,1-3H3,(H,26,29)/t17?,18?,19-,20+/m0/s1. The first-order valence-electron chi connectivity index (χ1n) is 11.6. The van der Waals surface area contributed by atoms with Gasteiger partial charge in [-0.15, -0.1) is 0 Å². The average molecular weight is 427 g/mol. The summed E-state index contributed by atoms with van der Waals surface area (Å²) in [5.74, 6) is 2.75. The van der Waals surface area contributed by atoms with E-state index in [9.17, 15) is 4.79 Å². The first kappa shape index (κ1) is 21.9. The van der Waals surface area contributed by atoms with Crippen LogP contribution in [0.3, 0.4) is 0 Å². The van der Waals surface area contributed by atoms with Gasteiger partial charge in [-0.05, 0) is 64.7 Å². The zero-order valence-corrected chi connectivity index (χ0v) is 18.9. The second kappa shape index (κ2) is 9.90. The minimum Gasteiger partial charge on any atom is -0.381 e. The lowest BCUT2D eigenvalue weighted by Crippen LogP contribution is -2.38. The van der Waals surface area contributed by atoms with Crippen molar-refractivity contribution < 1.29 is 14.1 Å². The fraction of sp³-hybridized carbons (Fsp3) is 0.667. The molecule has 0 bridgehead atoms. The predicted octanol–water partition coefficient (Wildman–Crippen LogP) is 4.34. The summed E-state index contributed by atoms with van der Waals surface area (Å²) >= 11 is 0. The average Bonchev–Trinajstić information content (AvgIpc) is 3.23. The molecule has 2 aromatic heterocycles. The molecule has 0 unspecified atom stereocenters. The fourth-order valence-electron chi connectivity index (χ4n) is 5.11. The van der Waals surface area contributed by atoms with Crippen LogP contribution in [-0.2, 0) is 9.53 Å². The molecule has 31 heavy (non-hydrogen) atoms. The SMILES string of the molecule is CO[C@@H]1CCC[C@H](C(=O)NCC2CCC(c3nc(C)ncc3-c3cc(C)no3)CC2)C1. The molecule has 2 aromatic rings. The molecule has 2 fully saturated rings. The summed E-state index contributed by atoms with van der Waals surface area (Å²) in [7, 11) is 1.75. The van der Waals surface area contributed by atoms with Gasteiger partial charge in [0.1, 0.15) is 5.82 Å². The lowest BCUT2D eigenvalue weighted by molar-refractivity contribution is -0.127. The van der Waals surface area contributed by atoms with Crippen LogP contribution in [0.1, 0.15) is 74.5 Å². The Bertz CT molecular complexity index is 889. The zero-order chi connectivity index (χ0) is 21.8. The second-order valence-corrected chi connectivity index (χ2v) is 9.23. The van der Waals surface area contributed by atoms with Crippen molar-refractivity contribution in [3.8, 4) is 11.3 Å². The smallest absolute Gasteiger partial charge is 0.223 e. The van der Waals surface area contributed by atoms with Crippen LogP contribution in [0, 0.1) is 25.7 Å². The second-order valence-electron chi connectivity index (χ2n) is 9.23. The maximum absolute atomic E-state index is 12.6. The van der Waals surface area contributed by atoms with Crippen molar-refractivity contribution in [2.75, 3.05) is 13.7 Å². The molecule has 1 N–H and O–H groups in total. The van der Waals surface area contributed by atoms with Gasteiger partial charge in [0.05, 0.1) is 23.1 Å². The molecular weight excluding hydrogens is 392 g/mol. The van der Waals surface area contributed by atoms with Gasteiger partial charge in [0.2, 0.25) is 5.91 Å². The Morgan fingerprint density at radius 1 is 1.19 bits per heavy atom. The van der Waals surface area contributed by atoms with Crippen LogP contribution in [0.15, 0.2) is 16.8 Å². The number of carbonyl (C=O) groups is 1. The van der Waals surface area contributed by atoms with Gasteiger partial charge in [-0.3, -0.25) is 4.79 Å². The molecule has 2 aliphatic carbocycles. The van der Waals surface area contributed by atoms with E-state index in [1.807, 2.05) is 26.1 Å². The molecule has 2 heterocycles. The van der Waals surface area contributed by atoms with E-state index in [0.717, 1.165) is 86.4 Å². The number of methoxy groups -OCH3 is 1. The van der Waals surface area contributed by atoms with Gasteiger partial charge in [-0.2, -0.15) is 0 Å². The molecule has 0 aromatic carbocycles. The molecule has 7 heteroatoms. The summed E-state index contributed by atoms with van der Waals surface area (Å²) in [5, 5.41) is 7.25. The summed E-state index contributed by atoms with van der Waals surface area (Å²) in [4.78, 5) is 21.8. The third kappa shape index (κ3) is 5.32. The maximum atomic E-state index is 12.6. The van der Waals surface area contributed by atoms with E-state index >= 15 is 0 Å². The van der Waals surface area contributed by atoms with Gasteiger partial charge >= 0.3 is 0 Å². The summed E-state index contributed by atoms with van der Waals surface area (Å²) in [5.41, 5.74) is 2.88. The molecule has 168 valence electrons. The fourth-order valence-corrected chi connectivity index (χ4v) is 5.11. The molecule has 0 radical (unpaired) electrons. The molecule has 1 amide bonds. The highest BCUT2D eigenvalue weighted by Gasteiger charge is 2.30. The van der Waals surface area contributed by atoms with Crippen molar-refractivity contribution >= 4 is 5.91 Å². The number of hydrogen-bond donors (Lipinski definition) is 1. The minimum atomic E-state index is 0.104. The molecule has 0 spiro atoms. The number of rotatable bonds is 6. The molecule has 2 saturated carbocycles. The van der Waals surface area contributed by atoms with Crippen molar-refractivity contribution in [2.45, 2.75) is 77.2 Å². The number of nitrogens with one attached hydrogen (secondary N) is 1. The van der Waals surface area contributed by atoms with Crippen LogP contribution in [0.2, 0.25) is 0 Å². The third-order valence-corrected chi connectivity index (χ3v) is 6.96. The first-order valence-corrected chi connectivity index (χ1v) is 11.6. The zero-order valence-electron chi connectivity index (χ0n) is 18.9. The van der Waals surface area contributed by atoms with Gasteiger partial charge in [0, 0.05) is 37.8 Å². The first-order chi connectivity index (χ1) is 15.0. The van der Waals surface area contributed by atoms with E-state index in [4.69, 9.17) is 14.2 Å². The van der Waals surface area contributed by atoms with E-state index in [0.29, 0.717) is 11.8 Å². The minimum absolute atomic E-state index is 0.104. The maximum Gasteiger partial charge on any atom is 0.223 e. The van der Waals surface area contributed by atoms with Gasteiger partial charge in [0.15, 0.2) is 5.76 Å². The highest BCUT2D eigenvalue weighted by molar-refractivity contribution is 5.78. The molecular formula is C24H34N4O3. The monoisotopic (exact) mass is 426 g/mol. The van der Waals surface area contributed by atoms with E-state index in [-0.39, 0.29) is 17.9 Å². The van der Waals surface area contributed by atoms with Crippen LogP contribution in [-0.4, -0.2) is 40.8 Å². The lowest BCUT2D eigenvalue weighted by atomic mass is 9.79. The summed E-state index contributed by atoms with van der Waals surface area (Å²) in [6, 6.07) is 1.94. The Morgan fingerprint density at radius 2 is 2.00 bits per heavy atom. The summed E-state index contributed by atoms with van der Waals surface area (Å²) in [6.07, 6.45) is 10.4.